The maximum atomic E-state index is 12.8. The lowest BCUT2D eigenvalue weighted by Crippen LogP contribution is -2.31. The van der Waals surface area contributed by atoms with E-state index in [-0.39, 0.29) is 12.3 Å². The second-order valence-electron chi connectivity index (χ2n) is 5.54. The summed E-state index contributed by atoms with van der Waals surface area (Å²) in [4.78, 5) is 23.5. The van der Waals surface area contributed by atoms with Crippen LogP contribution in [0, 0.1) is 0 Å². The summed E-state index contributed by atoms with van der Waals surface area (Å²) in [6, 6.07) is 9.24. The number of amides is 1. The molecule has 3 aromatic heterocycles. The molecule has 1 aromatic carbocycles. The van der Waals surface area contributed by atoms with E-state index in [0.717, 1.165) is 20.9 Å². The van der Waals surface area contributed by atoms with Crippen LogP contribution in [0.1, 0.15) is 12.6 Å². The Labute approximate surface area is 162 Å². The average molecular weight is 404 g/mol. The number of carbonyl (C=O) groups excluding carboxylic acids is 1. The Balaban J connectivity index is 1.55. The van der Waals surface area contributed by atoms with Gasteiger partial charge in [0.25, 0.3) is 0 Å². The summed E-state index contributed by atoms with van der Waals surface area (Å²) in [5.41, 5.74) is 1.53. The Hall–Kier alpha value is -2.22. The quantitative estimate of drug-likeness (QED) is 0.456. The molecule has 0 saturated heterocycles. The monoisotopic (exact) mass is 403 g/mol. The van der Waals surface area contributed by atoms with E-state index < -0.39 is 0 Å². The molecule has 3 heterocycles. The van der Waals surface area contributed by atoms with Crippen molar-refractivity contribution >= 4 is 55.5 Å². The van der Waals surface area contributed by atoms with Crippen LogP contribution in [0.3, 0.4) is 0 Å². The van der Waals surface area contributed by atoms with E-state index in [9.17, 15) is 4.79 Å². The van der Waals surface area contributed by atoms with Crippen LogP contribution in [0.15, 0.2) is 46.4 Å². The van der Waals surface area contributed by atoms with Crippen LogP contribution in [-0.2, 0) is 11.2 Å². The Morgan fingerprint density at radius 3 is 2.96 bits per heavy atom. The first-order chi connectivity index (χ1) is 12.6. The van der Waals surface area contributed by atoms with Crippen LogP contribution in [-0.4, -0.2) is 22.4 Å². The van der Waals surface area contributed by atoms with Crippen molar-refractivity contribution in [1.82, 2.24) is 9.97 Å². The Kier molecular flexibility index (Phi) is 4.76. The van der Waals surface area contributed by atoms with Crippen molar-refractivity contribution in [2.45, 2.75) is 13.3 Å². The lowest BCUT2D eigenvalue weighted by molar-refractivity contribution is -0.118. The molecule has 8 heteroatoms. The minimum absolute atomic E-state index is 0.0334. The molecule has 5 nitrogen and oxygen atoms in total. The number of furan rings is 1. The molecule has 0 atom stereocenters. The van der Waals surface area contributed by atoms with Gasteiger partial charge in [-0.05, 0) is 37.3 Å². The third kappa shape index (κ3) is 3.38. The van der Waals surface area contributed by atoms with Gasteiger partial charge in [0.15, 0.2) is 15.9 Å². The number of carbonyl (C=O) groups is 1. The number of halogens is 1. The van der Waals surface area contributed by atoms with E-state index in [1.165, 1.54) is 22.7 Å². The molecule has 0 spiro atoms. The zero-order chi connectivity index (χ0) is 18.1. The minimum atomic E-state index is -0.0334. The van der Waals surface area contributed by atoms with E-state index in [2.05, 4.69) is 9.97 Å². The largest absolute Gasteiger partial charge is 0.462 e. The van der Waals surface area contributed by atoms with Crippen molar-refractivity contribution in [2.75, 3.05) is 11.4 Å². The number of likely N-dealkylation sites (N-methyl/N-ethyl adjacent to an activating group) is 1. The summed E-state index contributed by atoms with van der Waals surface area (Å²) in [7, 11) is 0. The number of benzene rings is 1. The number of anilines is 1. The first-order valence-corrected chi connectivity index (χ1v) is 10.1. The van der Waals surface area contributed by atoms with E-state index in [1.807, 2.05) is 42.6 Å². The van der Waals surface area contributed by atoms with E-state index >= 15 is 0 Å². The summed E-state index contributed by atoms with van der Waals surface area (Å²) in [6.45, 7) is 2.48. The molecule has 4 rings (SSSR count). The summed E-state index contributed by atoms with van der Waals surface area (Å²) >= 11 is 8.98. The molecule has 26 heavy (non-hydrogen) atoms. The molecule has 0 saturated carbocycles. The highest BCUT2D eigenvalue weighted by Crippen LogP contribution is 2.31. The third-order valence-electron chi connectivity index (χ3n) is 3.80. The van der Waals surface area contributed by atoms with Crippen molar-refractivity contribution in [3.63, 3.8) is 0 Å². The fourth-order valence-corrected chi connectivity index (χ4v) is 4.55. The number of aromatic nitrogens is 2. The molecule has 4 aromatic rings. The van der Waals surface area contributed by atoms with Crippen molar-refractivity contribution in [3.05, 3.63) is 52.7 Å². The zero-order valence-electron chi connectivity index (χ0n) is 13.8. The first kappa shape index (κ1) is 17.2. The SMILES string of the molecule is CCN(C(=O)Cc1csc(-c2ccco2)n1)c1nc2cc(Cl)ccc2s1. The molecule has 0 fully saturated rings. The number of nitrogens with zero attached hydrogens (tertiary/aromatic N) is 3. The van der Waals surface area contributed by atoms with Crippen LogP contribution in [0.5, 0.6) is 0 Å². The van der Waals surface area contributed by atoms with Crippen LogP contribution >= 0.6 is 34.3 Å². The minimum Gasteiger partial charge on any atom is -0.462 e. The zero-order valence-corrected chi connectivity index (χ0v) is 16.2. The molecule has 1 amide bonds. The van der Waals surface area contributed by atoms with Gasteiger partial charge in [-0.25, -0.2) is 9.97 Å². The highest BCUT2D eigenvalue weighted by atomic mass is 35.5. The van der Waals surface area contributed by atoms with E-state index in [4.69, 9.17) is 16.0 Å². The fraction of sp³-hybridized carbons (Fsp3) is 0.167. The highest BCUT2D eigenvalue weighted by molar-refractivity contribution is 7.22. The molecule has 0 aliphatic heterocycles. The predicted octanol–water partition coefficient (Wildman–Crippen LogP) is 5.26. The highest BCUT2D eigenvalue weighted by Gasteiger charge is 2.20. The first-order valence-electron chi connectivity index (χ1n) is 7.99. The topological polar surface area (TPSA) is 59.2 Å². The summed E-state index contributed by atoms with van der Waals surface area (Å²) in [5, 5.41) is 3.98. The Morgan fingerprint density at radius 1 is 1.31 bits per heavy atom. The number of hydrogen-bond donors (Lipinski definition) is 0. The van der Waals surface area contributed by atoms with Crippen LogP contribution < -0.4 is 4.90 Å². The molecule has 0 aliphatic carbocycles. The molecule has 0 unspecified atom stereocenters. The maximum absolute atomic E-state index is 12.8. The predicted molar refractivity (Wildman–Crippen MR) is 106 cm³/mol. The Morgan fingerprint density at radius 2 is 2.19 bits per heavy atom. The number of rotatable bonds is 5. The van der Waals surface area contributed by atoms with Gasteiger partial charge < -0.3 is 4.42 Å². The van der Waals surface area contributed by atoms with Gasteiger partial charge in [-0.2, -0.15) is 0 Å². The summed E-state index contributed by atoms with van der Waals surface area (Å²) in [5.74, 6) is 0.679. The van der Waals surface area contributed by atoms with Crippen LogP contribution in [0.25, 0.3) is 21.0 Å². The van der Waals surface area contributed by atoms with Crippen molar-refractivity contribution in [1.29, 1.82) is 0 Å². The number of thiazole rings is 2. The number of hydrogen-bond acceptors (Lipinski definition) is 6. The lowest BCUT2D eigenvalue weighted by Gasteiger charge is -2.16. The van der Waals surface area contributed by atoms with Gasteiger partial charge in [0.2, 0.25) is 5.91 Å². The summed E-state index contributed by atoms with van der Waals surface area (Å²) in [6.07, 6.45) is 1.83. The molecule has 0 radical (unpaired) electrons. The standard InChI is InChI=1S/C18H14ClN3O2S2/c1-2-22(18-21-13-8-11(19)5-6-15(13)26-18)16(23)9-12-10-25-17(20-12)14-4-3-7-24-14/h3-8,10H,2,9H2,1H3. The smallest absolute Gasteiger partial charge is 0.234 e. The van der Waals surface area contributed by atoms with Crippen LogP contribution in [0.4, 0.5) is 5.13 Å². The van der Waals surface area contributed by atoms with Gasteiger partial charge >= 0.3 is 0 Å². The van der Waals surface area contributed by atoms with Gasteiger partial charge in [-0.3, -0.25) is 9.69 Å². The Bertz CT molecular complexity index is 1060. The van der Waals surface area contributed by atoms with Crippen molar-refractivity contribution in [3.8, 4) is 10.8 Å². The average Bonchev–Trinajstić information content (AvgIpc) is 3.35. The molecular weight excluding hydrogens is 390 g/mol. The fourth-order valence-electron chi connectivity index (χ4n) is 2.57. The second-order valence-corrected chi connectivity index (χ2v) is 7.85. The molecule has 0 bridgehead atoms. The molecule has 0 N–H and O–H groups in total. The van der Waals surface area contributed by atoms with Crippen molar-refractivity contribution in [2.24, 2.45) is 0 Å². The van der Waals surface area contributed by atoms with Gasteiger partial charge in [-0.1, -0.05) is 22.9 Å². The second kappa shape index (κ2) is 7.19. The molecular formula is C18H14ClN3O2S2. The van der Waals surface area contributed by atoms with Gasteiger partial charge in [0.05, 0.1) is 28.6 Å². The van der Waals surface area contributed by atoms with E-state index in [1.54, 1.807) is 11.2 Å². The van der Waals surface area contributed by atoms with Gasteiger partial charge in [0, 0.05) is 16.9 Å². The van der Waals surface area contributed by atoms with Gasteiger partial charge in [-0.15, -0.1) is 11.3 Å². The maximum Gasteiger partial charge on any atom is 0.234 e. The van der Waals surface area contributed by atoms with E-state index in [0.29, 0.717) is 22.5 Å². The normalized spacial score (nSPS) is 11.2. The molecule has 0 aliphatic rings. The van der Waals surface area contributed by atoms with Crippen LogP contribution in [0.2, 0.25) is 5.02 Å². The molecule has 132 valence electrons. The third-order valence-corrected chi connectivity index (χ3v) is 6.00. The lowest BCUT2D eigenvalue weighted by atomic mass is 10.3. The number of fused-ring (bicyclic) bond motifs is 1. The van der Waals surface area contributed by atoms with Crippen molar-refractivity contribution < 1.29 is 9.21 Å². The summed E-state index contributed by atoms with van der Waals surface area (Å²) < 4.78 is 6.36. The van der Waals surface area contributed by atoms with Gasteiger partial charge in [0.1, 0.15) is 0 Å².